The molecule has 2 heterocycles. The molecule has 4 bridgehead atoms. The van der Waals surface area contributed by atoms with Crippen LogP contribution in [0.1, 0.15) is 37.3 Å². The lowest BCUT2D eigenvalue weighted by molar-refractivity contribution is 0.150. The van der Waals surface area contributed by atoms with Gasteiger partial charge in [-0.25, -0.2) is 0 Å². The van der Waals surface area contributed by atoms with Gasteiger partial charge in [-0.2, -0.15) is 0 Å². The van der Waals surface area contributed by atoms with E-state index in [9.17, 15) is 0 Å². The van der Waals surface area contributed by atoms with Gasteiger partial charge in [-0.05, 0) is 50.4 Å². The second-order valence-corrected chi connectivity index (χ2v) is 6.36. The van der Waals surface area contributed by atoms with E-state index in [-0.39, 0.29) is 6.10 Å². The minimum absolute atomic E-state index is 0.277. The first-order chi connectivity index (χ1) is 10.2. The summed E-state index contributed by atoms with van der Waals surface area (Å²) in [7, 11) is 3.92. The van der Waals surface area contributed by atoms with E-state index in [0.29, 0.717) is 5.92 Å². The molecule has 0 aliphatic carbocycles. The monoisotopic (exact) mass is 287 g/mol. The van der Waals surface area contributed by atoms with Gasteiger partial charge >= 0.3 is 0 Å². The van der Waals surface area contributed by atoms with E-state index in [1.807, 2.05) is 6.07 Å². The molecule has 2 aliphatic rings. The lowest BCUT2D eigenvalue weighted by Gasteiger charge is -2.29. The fourth-order valence-corrected chi connectivity index (χ4v) is 3.33. The van der Waals surface area contributed by atoms with Crippen molar-refractivity contribution in [2.75, 3.05) is 20.7 Å². The zero-order valence-electron chi connectivity index (χ0n) is 13.3. The molecule has 3 heteroatoms. The third-order valence-corrected chi connectivity index (χ3v) is 4.49. The lowest BCUT2D eigenvalue weighted by Crippen LogP contribution is -2.27. The number of fused-ring (bicyclic) bond motifs is 1. The molecular formula is C18H25NO2. The van der Waals surface area contributed by atoms with E-state index >= 15 is 0 Å². The summed E-state index contributed by atoms with van der Waals surface area (Å²) in [6.07, 6.45) is 8.18. The molecule has 3 nitrogen and oxygen atoms in total. The van der Waals surface area contributed by atoms with Gasteiger partial charge in [-0.15, -0.1) is 0 Å². The number of hydrogen-bond acceptors (Lipinski definition) is 3. The van der Waals surface area contributed by atoms with Crippen molar-refractivity contribution in [3.05, 3.63) is 29.3 Å². The largest absolute Gasteiger partial charge is 0.493 e. The summed E-state index contributed by atoms with van der Waals surface area (Å²) in [5.74, 6) is 2.33. The number of benzene rings is 1. The predicted octanol–water partition coefficient (Wildman–Crippen LogP) is 3.72. The SMILES string of the molecule is COc1ccc2c3c1O[C@H](CCCN(C)C2)CC(C)/C=C\3. The van der Waals surface area contributed by atoms with Crippen molar-refractivity contribution in [1.29, 1.82) is 0 Å². The molecule has 0 spiro atoms. The zero-order chi connectivity index (χ0) is 14.8. The highest BCUT2D eigenvalue weighted by atomic mass is 16.5. The van der Waals surface area contributed by atoms with Gasteiger partial charge in [0.1, 0.15) is 0 Å². The van der Waals surface area contributed by atoms with Gasteiger partial charge in [0.2, 0.25) is 0 Å². The fourth-order valence-electron chi connectivity index (χ4n) is 3.33. The van der Waals surface area contributed by atoms with Gasteiger partial charge in [-0.1, -0.05) is 25.1 Å². The number of allylic oxidation sites excluding steroid dienone is 1. The van der Waals surface area contributed by atoms with Crippen molar-refractivity contribution in [1.82, 2.24) is 4.90 Å². The van der Waals surface area contributed by atoms with Crippen molar-refractivity contribution < 1.29 is 9.47 Å². The molecule has 114 valence electrons. The summed E-state index contributed by atoms with van der Waals surface area (Å²) < 4.78 is 11.9. The summed E-state index contributed by atoms with van der Waals surface area (Å²) in [5.41, 5.74) is 2.51. The first-order valence-corrected chi connectivity index (χ1v) is 7.90. The Morgan fingerprint density at radius 2 is 2.19 bits per heavy atom. The van der Waals surface area contributed by atoms with E-state index < -0.39 is 0 Å². The molecule has 21 heavy (non-hydrogen) atoms. The van der Waals surface area contributed by atoms with Gasteiger partial charge in [0.05, 0.1) is 13.2 Å². The number of nitrogens with zero attached hydrogens (tertiary/aromatic N) is 1. The standard InChI is InChI=1S/C18H25NO2/c1-13-6-8-16-14-7-9-17(20-3)18(16)21-15(11-13)5-4-10-19(2)12-14/h6-9,13,15H,4-5,10-12H2,1-3H3/b8-6-/t13?,15-/m1/s1. The molecule has 1 aromatic rings. The summed E-state index contributed by atoms with van der Waals surface area (Å²) in [5, 5.41) is 0. The zero-order valence-corrected chi connectivity index (χ0v) is 13.3. The molecule has 0 saturated heterocycles. The van der Waals surface area contributed by atoms with E-state index in [0.717, 1.165) is 37.4 Å². The first-order valence-electron chi connectivity index (χ1n) is 7.90. The van der Waals surface area contributed by atoms with Gasteiger partial charge in [-0.3, -0.25) is 0 Å². The van der Waals surface area contributed by atoms with Crippen LogP contribution in [-0.4, -0.2) is 31.7 Å². The number of hydrogen-bond donors (Lipinski definition) is 0. The molecule has 2 atom stereocenters. The Kier molecular flexibility index (Phi) is 4.20. The fraction of sp³-hybridized carbons (Fsp3) is 0.556. The average Bonchev–Trinajstić information content (AvgIpc) is 2.43. The second-order valence-electron chi connectivity index (χ2n) is 6.36. The second kappa shape index (κ2) is 6.10. The van der Waals surface area contributed by atoms with Crippen LogP contribution < -0.4 is 9.47 Å². The van der Waals surface area contributed by atoms with Crippen LogP contribution in [0.25, 0.3) is 6.08 Å². The number of methoxy groups -OCH3 is 1. The summed E-state index contributed by atoms with van der Waals surface area (Å²) in [4.78, 5) is 2.40. The molecule has 1 unspecified atom stereocenters. The van der Waals surface area contributed by atoms with Crippen LogP contribution in [-0.2, 0) is 6.54 Å². The van der Waals surface area contributed by atoms with Gasteiger partial charge < -0.3 is 14.4 Å². The summed E-state index contributed by atoms with van der Waals surface area (Å²) in [6, 6.07) is 4.21. The molecule has 0 saturated carbocycles. The van der Waals surface area contributed by atoms with Crippen molar-refractivity contribution in [3.8, 4) is 11.5 Å². The summed E-state index contributed by atoms with van der Waals surface area (Å²) >= 11 is 0. The molecular weight excluding hydrogens is 262 g/mol. The molecule has 0 N–H and O–H groups in total. The Hall–Kier alpha value is -1.48. The van der Waals surface area contributed by atoms with Crippen LogP contribution in [0.4, 0.5) is 0 Å². The van der Waals surface area contributed by atoms with Crippen LogP contribution in [0.2, 0.25) is 0 Å². The van der Waals surface area contributed by atoms with E-state index in [2.05, 4.69) is 37.1 Å². The van der Waals surface area contributed by atoms with Crippen molar-refractivity contribution in [3.63, 3.8) is 0 Å². The third-order valence-electron chi connectivity index (χ3n) is 4.49. The molecule has 3 rings (SSSR count). The Balaban J connectivity index is 2.14. The number of ether oxygens (including phenoxy) is 2. The molecule has 0 aromatic heterocycles. The van der Waals surface area contributed by atoms with Crippen LogP contribution >= 0.6 is 0 Å². The molecule has 0 fully saturated rings. The quantitative estimate of drug-likeness (QED) is 0.785. The minimum Gasteiger partial charge on any atom is -0.493 e. The maximum Gasteiger partial charge on any atom is 0.169 e. The highest BCUT2D eigenvalue weighted by Crippen LogP contribution is 2.39. The first kappa shape index (κ1) is 14.5. The Labute approximate surface area is 127 Å². The van der Waals surface area contributed by atoms with Crippen molar-refractivity contribution >= 4 is 6.08 Å². The molecule has 1 aromatic carbocycles. The molecule has 2 aliphatic heterocycles. The Bertz CT molecular complexity index is 538. The maximum atomic E-state index is 6.39. The summed E-state index contributed by atoms with van der Waals surface area (Å²) in [6.45, 7) is 4.35. The van der Waals surface area contributed by atoms with Crippen LogP contribution in [0, 0.1) is 5.92 Å². The van der Waals surface area contributed by atoms with E-state index in [4.69, 9.17) is 9.47 Å². The van der Waals surface area contributed by atoms with Gasteiger partial charge in [0.15, 0.2) is 11.5 Å². The topological polar surface area (TPSA) is 21.7 Å². The normalized spacial score (nSPS) is 27.4. The molecule has 0 amide bonds. The maximum absolute atomic E-state index is 6.39. The van der Waals surface area contributed by atoms with Crippen LogP contribution in [0.3, 0.4) is 0 Å². The highest BCUT2D eigenvalue weighted by molar-refractivity contribution is 5.66. The molecule has 0 radical (unpaired) electrons. The van der Waals surface area contributed by atoms with Gasteiger partial charge in [0, 0.05) is 12.1 Å². The smallest absolute Gasteiger partial charge is 0.169 e. The highest BCUT2D eigenvalue weighted by Gasteiger charge is 2.23. The minimum atomic E-state index is 0.277. The van der Waals surface area contributed by atoms with Crippen LogP contribution in [0.15, 0.2) is 18.2 Å². The Morgan fingerprint density at radius 1 is 1.33 bits per heavy atom. The average molecular weight is 287 g/mol. The van der Waals surface area contributed by atoms with Crippen molar-refractivity contribution in [2.45, 2.75) is 38.8 Å². The van der Waals surface area contributed by atoms with Crippen LogP contribution in [0.5, 0.6) is 11.5 Å². The van der Waals surface area contributed by atoms with E-state index in [1.165, 1.54) is 17.5 Å². The van der Waals surface area contributed by atoms with Crippen molar-refractivity contribution in [2.24, 2.45) is 5.92 Å². The number of rotatable bonds is 1. The third kappa shape index (κ3) is 3.08. The van der Waals surface area contributed by atoms with E-state index in [1.54, 1.807) is 7.11 Å². The predicted molar refractivity (Wildman–Crippen MR) is 85.8 cm³/mol. The Morgan fingerprint density at radius 3 is 3.00 bits per heavy atom. The van der Waals surface area contributed by atoms with Gasteiger partial charge in [0.25, 0.3) is 0 Å². The lowest BCUT2D eigenvalue weighted by atomic mass is 9.94.